The molecule has 134 valence electrons. The lowest BCUT2D eigenvalue weighted by Gasteiger charge is -2.09. The van der Waals surface area contributed by atoms with E-state index in [1.807, 2.05) is 30.3 Å². The highest BCUT2D eigenvalue weighted by Crippen LogP contribution is 2.20. The SMILES string of the molecule is Cc1ccc(SCCC(=O)NCCOc2ccc3ccccc3c2)cc1. The molecule has 0 bridgehead atoms. The Morgan fingerprint density at radius 2 is 1.77 bits per heavy atom. The number of fused-ring (bicyclic) bond motifs is 1. The van der Waals surface area contributed by atoms with Gasteiger partial charge in [-0.2, -0.15) is 0 Å². The molecule has 0 aliphatic carbocycles. The molecule has 0 aliphatic heterocycles. The van der Waals surface area contributed by atoms with E-state index < -0.39 is 0 Å². The number of carbonyl (C=O) groups excluding carboxylic acids is 1. The van der Waals surface area contributed by atoms with Crippen molar-refractivity contribution in [2.75, 3.05) is 18.9 Å². The number of ether oxygens (including phenoxy) is 1. The van der Waals surface area contributed by atoms with Gasteiger partial charge in [0.2, 0.25) is 5.91 Å². The zero-order valence-corrected chi connectivity index (χ0v) is 15.7. The number of hydrogen-bond acceptors (Lipinski definition) is 3. The summed E-state index contributed by atoms with van der Waals surface area (Å²) in [4.78, 5) is 13.1. The van der Waals surface area contributed by atoms with Gasteiger partial charge in [-0.05, 0) is 42.0 Å². The predicted octanol–water partition coefficient (Wildman–Crippen LogP) is 4.83. The Kier molecular flexibility index (Phi) is 6.56. The number of nitrogens with one attached hydrogen (secondary N) is 1. The average molecular weight is 365 g/mol. The normalized spacial score (nSPS) is 10.7. The Morgan fingerprint density at radius 1 is 1.00 bits per heavy atom. The van der Waals surface area contributed by atoms with Crippen molar-refractivity contribution in [2.24, 2.45) is 0 Å². The number of aryl methyl sites for hydroxylation is 1. The third-order valence-electron chi connectivity index (χ3n) is 4.03. The summed E-state index contributed by atoms with van der Waals surface area (Å²) in [6, 6.07) is 22.6. The molecule has 0 saturated carbocycles. The Morgan fingerprint density at radius 3 is 2.58 bits per heavy atom. The molecule has 0 spiro atoms. The highest BCUT2D eigenvalue weighted by molar-refractivity contribution is 7.99. The van der Waals surface area contributed by atoms with Crippen molar-refractivity contribution in [2.45, 2.75) is 18.2 Å². The maximum atomic E-state index is 11.9. The van der Waals surface area contributed by atoms with Crippen molar-refractivity contribution >= 4 is 28.4 Å². The van der Waals surface area contributed by atoms with Crippen LogP contribution in [0, 0.1) is 6.92 Å². The number of hydrogen-bond donors (Lipinski definition) is 1. The molecule has 0 fully saturated rings. The van der Waals surface area contributed by atoms with E-state index in [0.717, 1.165) is 16.9 Å². The third kappa shape index (κ3) is 5.53. The molecule has 3 nitrogen and oxygen atoms in total. The van der Waals surface area contributed by atoms with Crippen LogP contribution in [0.1, 0.15) is 12.0 Å². The highest BCUT2D eigenvalue weighted by atomic mass is 32.2. The van der Waals surface area contributed by atoms with Gasteiger partial charge in [0.1, 0.15) is 12.4 Å². The van der Waals surface area contributed by atoms with Gasteiger partial charge in [0, 0.05) is 17.1 Å². The minimum absolute atomic E-state index is 0.0618. The van der Waals surface area contributed by atoms with Crippen molar-refractivity contribution in [3.8, 4) is 5.75 Å². The van der Waals surface area contributed by atoms with Crippen LogP contribution in [0.25, 0.3) is 10.8 Å². The topological polar surface area (TPSA) is 38.3 Å². The van der Waals surface area contributed by atoms with Crippen LogP contribution >= 0.6 is 11.8 Å². The van der Waals surface area contributed by atoms with E-state index in [4.69, 9.17) is 4.74 Å². The van der Waals surface area contributed by atoms with Gasteiger partial charge in [-0.25, -0.2) is 0 Å². The van der Waals surface area contributed by atoms with Gasteiger partial charge in [0.25, 0.3) is 0 Å². The summed E-state index contributed by atoms with van der Waals surface area (Å²) in [6.45, 7) is 3.05. The minimum atomic E-state index is 0.0618. The molecule has 1 amide bonds. The Balaban J connectivity index is 1.33. The van der Waals surface area contributed by atoms with E-state index in [-0.39, 0.29) is 5.91 Å². The zero-order valence-electron chi connectivity index (χ0n) is 14.9. The van der Waals surface area contributed by atoms with Crippen molar-refractivity contribution in [1.82, 2.24) is 5.32 Å². The fourth-order valence-corrected chi connectivity index (χ4v) is 3.45. The molecule has 3 rings (SSSR count). The molecular formula is C22H23NO2S. The number of benzene rings is 3. The van der Waals surface area contributed by atoms with Crippen LogP contribution in [-0.4, -0.2) is 24.8 Å². The fraction of sp³-hybridized carbons (Fsp3) is 0.227. The standard InChI is InChI=1S/C22H23NO2S/c1-17-6-10-21(11-7-17)26-15-12-22(24)23-13-14-25-20-9-8-18-4-2-3-5-19(18)16-20/h2-11,16H,12-15H2,1H3,(H,23,24). The maximum absolute atomic E-state index is 11.9. The van der Waals surface area contributed by atoms with Gasteiger partial charge in [-0.3, -0.25) is 4.79 Å². The molecule has 0 heterocycles. The summed E-state index contributed by atoms with van der Waals surface area (Å²) in [7, 11) is 0. The number of thioether (sulfide) groups is 1. The summed E-state index contributed by atoms with van der Waals surface area (Å²) < 4.78 is 5.73. The van der Waals surface area contributed by atoms with Crippen LogP contribution < -0.4 is 10.1 Å². The second kappa shape index (κ2) is 9.30. The molecule has 0 aliphatic rings. The van der Waals surface area contributed by atoms with Crippen LogP contribution in [0.5, 0.6) is 5.75 Å². The van der Waals surface area contributed by atoms with Crippen LogP contribution in [-0.2, 0) is 4.79 Å². The molecule has 4 heteroatoms. The van der Waals surface area contributed by atoms with Gasteiger partial charge in [-0.15, -0.1) is 11.8 Å². The predicted molar refractivity (Wildman–Crippen MR) is 109 cm³/mol. The summed E-state index contributed by atoms with van der Waals surface area (Å²) in [6.07, 6.45) is 0.508. The summed E-state index contributed by atoms with van der Waals surface area (Å²) >= 11 is 1.70. The first-order chi connectivity index (χ1) is 12.7. The van der Waals surface area contributed by atoms with E-state index >= 15 is 0 Å². The third-order valence-corrected chi connectivity index (χ3v) is 5.05. The molecule has 3 aromatic rings. The minimum Gasteiger partial charge on any atom is -0.492 e. The first kappa shape index (κ1) is 18.3. The van der Waals surface area contributed by atoms with Gasteiger partial charge in [0.15, 0.2) is 0 Å². The largest absolute Gasteiger partial charge is 0.492 e. The molecule has 0 aromatic heterocycles. The Labute approximate surface area is 158 Å². The Hall–Kier alpha value is -2.46. The van der Waals surface area contributed by atoms with Crippen LogP contribution in [0.15, 0.2) is 71.6 Å². The van der Waals surface area contributed by atoms with Crippen molar-refractivity contribution in [3.05, 3.63) is 72.3 Å². The monoisotopic (exact) mass is 365 g/mol. The number of carbonyl (C=O) groups is 1. The lowest BCUT2D eigenvalue weighted by atomic mass is 10.1. The molecule has 1 N–H and O–H groups in total. The van der Waals surface area contributed by atoms with Crippen molar-refractivity contribution in [1.29, 1.82) is 0 Å². The molecular weight excluding hydrogens is 342 g/mol. The molecule has 3 aromatic carbocycles. The zero-order chi connectivity index (χ0) is 18.2. The highest BCUT2D eigenvalue weighted by Gasteiger charge is 2.02. The second-order valence-electron chi connectivity index (χ2n) is 6.12. The lowest BCUT2D eigenvalue weighted by Crippen LogP contribution is -2.28. The van der Waals surface area contributed by atoms with Gasteiger partial charge < -0.3 is 10.1 Å². The van der Waals surface area contributed by atoms with E-state index in [1.54, 1.807) is 11.8 Å². The molecule has 0 unspecified atom stereocenters. The van der Waals surface area contributed by atoms with E-state index in [0.29, 0.717) is 19.6 Å². The fourth-order valence-electron chi connectivity index (χ4n) is 2.60. The summed E-state index contributed by atoms with van der Waals surface area (Å²) in [5.74, 6) is 1.67. The van der Waals surface area contributed by atoms with Gasteiger partial charge in [0.05, 0.1) is 6.54 Å². The maximum Gasteiger partial charge on any atom is 0.220 e. The Bertz CT molecular complexity index is 861. The van der Waals surface area contributed by atoms with Gasteiger partial charge in [-0.1, -0.05) is 48.0 Å². The molecule has 0 saturated heterocycles. The first-order valence-corrected chi connectivity index (χ1v) is 9.77. The van der Waals surface area contributed by atoms with Gasteiger partial charge >= 0.3 is 0 Å². The number of amides is 1. The summed E-state index contributed by atoms with van der Waals surface area (Å²) in [5, 5.41) is 5.26. The lowest BCUT2D eigenvalue weighted by molar-refractivity contribution is -0.120. The number of rotatable bonds is 8. The van der Waals surface area contributed by atoms with E-state index in [2.05, 4.69) is 48.6 Å². The quantitative estimate of drug-likeness (QED) is 0.459. The molecule has 26 heavy (non-hydrogen) atoms. The molecule has 0 atom stereocenters. The average Bonchev–Trinajstić information content (AvgIpc) is 2.67. The smallest absolute Gasteiger partial charge is 0.220 e. The second-order valence-corrected chi connectivity index (χ2v) is 7.29. The summed E-state index contributed by atoms with van der Waals surface area (Å²) in [5.41, 5.74) is 1.25. The van der Waals surface area contributed by atoms with Crippen molar-refractivity contribution < 1.29 is 9.53 Å². The first-order valence-electron chi connectivity index (χ1n) is 8.78. The van der Waals surface area contributed by atoms with Crippen molar-refractivity contribution in [3.63, 3.8) is 0 Å². The van der Waals surface area contributed by atoms with E-state index in [1.165, 1.54) is 15.8 Å². The van der Waals surface area contributed by atoms with Crippen LogP contribution in [0.2, 0.25) is 0 Å². The van der Waals surface area contributed by atoms with Crippen LogP contribution in [0.4, 0.5) is 0 Å². The van der Waals surface area contributed by atoms with E-state index in [9.17, 15) is 4.79 Å². The van der Waals surface area contributed by atoms with Crippen LogP contribution in [0.3, 0.4) is 0 Å². The molecule has 0 radical (unpaired) electrons.